The number of para-hydroxylation sites is 1. The summed E-state index contributed by atoms with van der Waals surface area (Å²) >= 11 is 6.00. The van der Waals surface area contributed by atoms with Gasteiger partial charge >= 0.3 is 6.03 Å². The molecule has 1 aliphatic rings. The van der Waals surface area contributed by atoms with Crippen molar-refractivity contribution in [2.75, 3.05) is 9.21 Å². The van der Waals surface area contributed by atoms with Crippen molar-refractivity contribution in [3.05, 3.63) is 89.2 Å². The van der Waals surface area contributed by atoms with Crippen LogP contribution in [-0.2, 0) is 16.6 Å². The van der Waals surface area contributed by atoms with Gasteiger partial charge in [-0.2, -0.15) is 4.31 Å². The number of hydrogen-bond acceptors (Lipinski definition) is 3. The zero-order valence-corrected chi connectivity index (χ0v) is 16.0. The molecule has 8 heteroatoms. The van der Waals surface area contributed by atoms with Crippen molar-refractivity contribution in [1.29, 1.82) is 0 Å². The lowest BCUT2D eigenvalue weighted by molar-refractivity contribution is 0.253. The van der Waals surface area contributed by atoms with Crippen LogP contribution < -0.4 is 9.21 Å². The van der Waals surface area contributed by atoms with Crippen molar-refractivity contribution >= 4 is 39.0 Å². The van der Waals surface area contributed by atoms with Crippen LogP contribution in [0.2, 0.25) is 5.02 Å². The number of fused-ring (bicyclic) bond motifs is 1. The first kappa shape index (κ1) is 18.5. The highest BCUT2D eigenvalue weighted by atomic mass is 35.5. The van der Waals surface area contributed by atoms with E-state index in [2.05, 4.69) is 0 Å². The molecular weight excluding hydrogens is 403 g/mol. The second kappa shape index (κ2) is 6.92. The molecule has 0 N–H and O–H groups in total. The van der Waals surface area contributed by atoms with E-state index in [1.54, 1.807) is 42.5 Å². The van der Waals surface area contributed by atoms with Crippen LogP contribution in [0.5, 0.6) is 0 Å². The van der Waals surface area contributed by atoms with E-state index in [1.165, 1.54) is 35.2 Å². The third-order valence-electron chi connectivity index (χ3n) is 4.38. The van der Waals surface area contributed by atoms with Crippen LogP contribution in [0, 0.1) is 5.82 Å². The highest BCUT2D eigenvalue weighted by molar-refractivity contribution is 7.94. The summed E-state index contributed by atoms with van der Waals surface area (Å²) in [6, 6.07) is 17.3. The van der Waals surface area contributed by atoms with Crippen LogP contribution in [0.3, 0.4) is 0 Å². The molecule has 5 nitrogen and oxygen atoms in total. The number of carbonyl (C=O) groups excluding carboxylic acids is 1. The number of halogens is 2. The Balaban J connectivity index is 1.86. The van der Waals surface area contributed by atoms with Crippen LogP contribution >= 0.6 is 11.6 Å². The number of rotatable bonds is 3. The Morgan fingerprint density at radius 2 is 1.64 bits per heavy atom. The molecule has 0 saturated heterocycles. The molecule has 2 amide bonds. The van der Waals surface area contributed by atoms with Gasteiger partial charge in [-0.15, -0.1) is 0 Å². The number of anilines is 2. The fourth-order valence-electron chi connectivity index (χ4n) is 3.09. The second-order valence-electron chi connectivity index (χ2n) is 6.21. The average molecular weight is 417 g/mol. The summed E-state index contributed by atoms with van der Waals surface area (Å²) in [5, 5.41) is 0.310. The maximum absolute atomic E-state index is 13.2. The fourth-order valence-corrected chi connectivity index (χ4v) is 4.86. The Kier molecular flexibility index (Phi) is 4.56. The molecule has 0 aromatic heterocycles. The molecule has 0 saturated carbocycles. The van der Waals surface area contributed by atoms with Gasteiger partial charge in [-0.05, 0) is 48.0 Å². The smallest absolute Gasteiger partial charge is 0.287 e. The van der Waals surface area contributed by atoms with Gasteiger partial charge < -0.3 is 0 Å². The lowest BCUT2D eigenvalue weighted by Crippen LogP contribution is -2.50. The number of sulfonamides is 1. The van der Waals surface area contributed by atoms with Crippen molar-refractivity contribution in [2.24, 2.45) is 0 Å². The second-order valence-corrected chi connectivity index (χ2v) is 8.40. The maximum Gasteiger partial charge on any atom is 0.343 e. The summed E-state index contributed by atoms with van der Waals surface area (Å²) in [5.41, 5.74) is 1.08. The first-order valence-electron chi connectivity index (χ1n) is 8.34. The number of carbonyl (C=O) groups is 1. The maximum atomic E-state index is 13.2. The summed E-state index contributed by atoms with van der Waals surface area (Å²) in [4.78, 5) is 14.6. The molecule has 0 unspecified atom stereocenters. The highest BCUT2D eigenvalue weighted by Gasteiger charge is 2.42. The average Bonchev–Trinajstić information content (AvgIpc) is 2.67. The molecule has 142 valence electrons. The Morgan fingerprint density at radius 3 is 2.36 bits per heavy atom. The van der Waals surface area contributed by atoms with Crippen LogP contribution in [-0.4, -0.2) is 14.4 Å². The minimum atomic E-state index is -4.11. The van der Waals surface area contributed by atoms with Gasteiger partial charge in [0.25, 0.3) is 10.0 Å². The molecule has 1 heterocycles. The monoisotopic (exact) mass is 416 g/mol. The predicted octanol–water partition coefficient (Wildman–Crippen LogP) is 4.81. The first-order valence-corrected chi connectivity index (χ1v) is 10.2. The summed E-state index contributed by atoms with van der Waals surface area (Å²) < 4.78 is 40.3. The number of nitrogens with zero attached hydrogens (tertiary/aromatic N) is 2. The minimum Gasteiger partial charge on any atom is -0.287 e. The van der Waals surface area contributed by atoms with E-state index in [4.69, 9.17) is 11.6 Å². The van der Waals surface area contributed by atoms with Gasteiger partial charge in [-0.25, -0.2) is 17.6 Å². The highest BCUT2D eigenvalue weighted by Crippen LogP contribution is 2.38. The Hall–Kier alpha value is -2.90. The van der Waals surface area contributed by atoms with Gasteiger partial charge in [0, 0.05) is 5.02 Å². The summed E-state index contributed by atoms with van der Waals surface area (Å²) in [5.74, 6) is -0.391. The fraction of sp³-hybridized carbons (Fsp3) is 0.0500. The number of urea groups is 1. The third kappa shape index (κ3) is 3.12. The molecule has 3 aromatic rings. The SMILES string of the molecule is O=C1N(Cc2ccc(F)cc2)c2ccccc2S(=O)(=O)N1c1cccc(Cl)c1. The van der Waals surface area contributed by atoms with Gasteiger partial charge in [0.15, 0.2) is 0 Å². The molecule has 1 aliphatic heterocycles. The van der Waals surface area contributed by atoms with Crippen LogP contribution in [0.4, 0.5) is 20.6 Å². The van der Waals surface area contributed by atoms with Gasteiger partial charge in [0.1, 0.15) is 10.7 Å². The quantitative estimate of drug-likeness (QED) is 0.615. The lowest BCUT2D eigenvalue weighted by Gasteiger charge is -2.36. The zero-order valence-electron chi connectivity index (χ0n) is 14.4. The predicted molar refractivity (Wildman–Crippen MR) is 106 cm³/mol. The van der Waals surface area contributed by atoms with Crippen LogP contribution in [0.1, 0.15) is 5.56 Å². The molecule has 0 radical (unpaired) electrons. The third-order valence-corrected chi connectivity index (χ3v) is 6.36. The molecule has 4 rings (SSSR count). The van der Waals surface area contributed by atoms with Crippen molar-refractivity contribution < 1.29 is 17.6 Å². The van der Waals surface area contributed by atoms with Gasteiger partial charge in [-0.1, -0.05) is 41.9 Å². The van der Waals surface area contributed by atoms with E-state index in [0.717, 1.165) is 4.31 Å². The lowest BCUT2D eigenvalue weighted by atomic mass is 10.2. The molecule has 28 heavy (non-hydrogen) atoms. The van der Waals surface area contributed by atoms with Gasteiger partial charge in [0.2, 0.25) is 0 Å². The summed E-state index contributed by atoms with van der Waals surface area (Å²) in [6.07, 6.45) is 0. The van der Waals surface area contributed by atoms with Crippen LogP contribution in [0.15, 0.2) is 77.7 Å². The standard InChI is InChI=1S/C20H14ClFN2O3S/c21-15-4-3-5-17(12-15)24-20(25)23(13-14-8-10-16(22)11-9-14)18-6-1-2-7-19(18)28(24,26)27/h1-12H,13H2. The van der Waals surface area contributed by atoms with Crippen molar-refractivity contribution in [3.63, 3.8) is 0 Å². The minimum absolute atomic E-state index is 0.0108. The Bertz CT molecular complexity index is 1170. The summed E-state index contributed by atoms with van der Waals surface area (Å²) in [7, 11) is -4.11. The van der Waals surface area contributed by atoms with E-state index in [0.29, 0.717) is 10.6 Å². The van der Waals surface area contributed by atoms with Crippen molar-refractivity contribution in [3.8, 4) is 0 Å². The number of benzene rings is 3. The van der Waals surface area contributed by atoms with E-state index < -0.39 is 21.9 Å². The zero-order chi connectivity index (χ0) is 19.9. The first-order chi connectivity index (χ1) is 13.4. The molecular formula is C20H14ClFN2O3S. The van der Waals surface area contributed by atoms with E-state index >= 15 is 0 Å². The molecule has 0 atom stereocenters. The Morgan fingerprint density at radius 1 is 0.929 bits per heavy atom. The largest absolute Gasteiger partial charge is 0.343 e. The molecule has 0 fully saturated rings. The van der Waals surface area contributed by atoms with E-state index in [-0.39, 0.29) is 22.8 Å². The van der Waals surface area contributed by atoms with Crippen molar-refractivity contribution in [2.45, 2.75) is 11.4 Å². The van der Waals surface area contributed by atoms with E-state index in [9.17, 15) is 17.6 Å². The molecule has 3 aromatic carbocycles. The topological polar surface area (TPSA) is 57.7 Å². The number of hydrogen-bond donors (Lipinski definition) is 0. The molecule has 0 spiro atoms. The Labute approximate surface area is 166 Å². The molecule has 0 bridgehead atoms. The van der Waals surface area contributed by atoms with Crippen molar-refractivity contribution in [1.82, 2.24) is 0 Å². The van der Waals surface area contributed by atoms with Crippen LogP contribution in [0.25, 0.3) is 0 Å². The summed E-state index contributed by atoms with van der Waals surface area (Å²) in [6.45, 7) is 0.0860. The van der Waals surface area contributed by atoms with E-state index in [1.807, 2.05) is 0 Å². The molecule has 0 aliphatic carbocycles. The van der Waals surface area contributed by atoms with Gasteiger partial charge in [-0.3, -0.25) is 4.90 Å². The normalized spacial score (nSPS) is 15.4. The number of amides is 2. The van der Waals surface area contributed by atoms with Gasteiger partial charge in [0.05, 0.1) is 17.9 Å².